The molecule has 0 aliphatic heterocycles. The van der Waals surface area contributed by atoms with Crippen molar-refractivity contribution in [2.75, 3.05) is 13.2 Å². The quantitative estimate of drug-likeness (QED) is 0.524. The second-order valence-corrected chi connectivity index (χ2v) is 3.93. The van der Waals surface area contributed by atoms with Crippen LogP contribution in [0.2, 0.25) is 0 Å². The molecule has 0 heterocycles. The molecule has 0 N–H and O–H groups in total. The van der Waals surface area contributed by atoms with Crippen LogP contribution < -0.4 is 4.74 Å². The highest BCUT2D eigenvalue weighted by Crippen LogP contribution is 2.12. The SMILES string of the molecule is Cc1ccc(OCCCCCOP)cc1. The fourth-order valence-electron chi connectivity index (χ4n) is 1.29. The van der Waals surface area contributed by atoms with Crippen LogP contribution in [0.3, 0.4) is 0 Å². The molecular weight excluding hydrogens is 207 g/mol. The fraction of sp³-hybridized carbons (Fsp3) is 0.500. The summed E-state index contributed by atoms with van der Waals surface area (Å²) in [5.41, 5.74) is 1.26. The zero-order valence-electron chi connectivity index (χ0n) is 9.24. The van der Waals surface area contributed by atoms with E-state index >= 15 is 0 Å². The van der Waals surface area contributed by atoms with E-state index in [0.29, 0.717) is 0 Å². The van der Waals surface area contributed by atoms with Gasteiger partial charge >= 0.3 is 0 Å². The molecule has 0 bridgehead atoms. The highest BCUT2D eigenvalue weighted by molar-refractivity contribution is 7.09. The second-order valence-electron chi connectivity index (χ2n) is 3.59. The molecule has 1 aromatic carbocycles. The molecule has 1 aromatic rings. The molecule has 84 valence electrons. The van der Waals surface area contributed by atoms with Crippen molar-refractivity contribution >= 4 is 9.47 Å². The van der Waals surface area contributed by atoms with Crippen LogP contribution in [0.1, 0.15) is 24.8 Å². The lowest BCUT2D eigenvalue weighted by atomic mass is 10.2. The van der Waals surface area contributed by atoms with E-state index in [1.807, 2.05) is 12.1 Å². The summed E-state index contributed by atoms with van der Waals surface area (Å²) >= 11 is 0. The average molecular weight is 226 g/mol. The third-order valence-corrected chi connectivity index (χ3v) is 2.43. The van der Waals surface area contributed by atoms with Gasteiger partial charge in [0.15, 0.2) is 0 Å². The molecule has 0 saturated carbocycles. The zero-order valence-corrected chi connectivity index (χ0v) is 10.4. The van der Waals surface area contributed by atoms with Crippen molar-refractivity contribution in [1.29, 1.82) is 0 Å². The van der Waals surface area contributed by atoms with E-state index in [4.69, 9.17) is 9.26 Å². The van der Waals surface area contributed by atoms with Gasteiger partial charge < -0.3 is 9.26 Å². The van der Waals surface area contributed by atoms with E-state index in [0.717, 1.165) is 38.2 Å². The van der Waals surface area contributed by atoms with E-state index in [1.165, 1.54) is 5.56 Å². The molecule has 0 saturated heterocycles. The number of benzene rings is 1. The Kier molecular flexibility index (Phi) is 6.38. The van der Waals surface area contributed by atoms with Crippen molar-refractivity contribution < 1.29 is 9.26 Å². The topological polar surface area (TPSA) is 18.5 Å². The van der Waals surface area contributed by atoms with Gasteiger partial charge in [-0.25, -0.2) is 0 Å². The Hall–Kier alpha value is -0.590. The van der Waals surface area contributed by atoms with Crippen molar-refractivity contribution in [3.8, 4) is 5.75 Å². The average Bonchev–Trinajstić information content (AvgIpc) is 2.26. The maximum absolute atomic E-state index is 5.60. The summed E-state index contributed by atoms with van der Waals surface area (Å²) in [5, 5.41) is 0. The Labute approximate surface area is 94.3 Å². The molecule has 15 heavy (non-hydrogen) atoms. The molecule has 0 fully saturated rings. The Morgan fingerprint density at radius 1 is 1.00 bits per heavy atom. The lowest BCUT2D eigenvalue weighted by Crippen LogP contribution is -1.97. The maximum Gasteiger partial charge on any atom is 0.119 e. The van der Waals surface area contributed by atoms with Crippen LogP contribution in [-0.4, -0.2) is 13.2 Å². The predicted molar refractivity (Wildman–Crippen MR) is 66.2 cm³/mol. The largest absolute Gasteiger partial charge is 0.494 e. The van der Waals surface area contributed by atoms with E-state index in [9.17, 15) is 0 Å². The highest BCUT2D eigenvalue weighted by atomic mass is 31.0. The summed E-state index contributed by atoms with van der Waals surface area (Å²) in [7, 11) is 2.27. The van der Waals surface area contributed by atoms with Gasteiger partial charge in [-0.1, -0.05) is 17.7 Å². The van der Waals surface area contributed by atoms with Gasteiger partial charge in [-0.05, 0) is 38.3 Å². The van der Waals surface area contributed by atoms with Crippen LogP contribution in [-0.2, 0) is 4.52 Å². The summed E-state index contributed by atoms with van der Waals surface area (Å²) in [4.78, 5) is 0. The molecule has 0 amide bonds. The van der Waals surface area contributed by atoms with Crippen molar-refractivity contribution in [2.45, 2.75) is 26.2 Å². The van der Waals surface area contributed by atoms with Gasteiger partial charge in [0.1, 0.15) is 5.75 Å². The van der Waals surface area contributed by atoms with Gasteiger partial charge in [0.05, 0.1) is 13.2 Å². The fourth-order valence-corrected chi connectivity index (χ4v) is 1.46. The van der Waals surface area contributed by atoms with Crippen LogP contribution in [0, 0.1) is 6.92 Å². The smallest absolute Gasteiger partial charge is 0.119 e. The van der Waals surface area contributed by atoms with Crippen molar-refractivity contribution in [2.24, 2.45) is 0 Å². The summed E-state index contributed by atoms with van der Waals surface area (Å²) < 4.78 is 10.5. The number of hydrogen-bond acceptors (Lipinski definition) is 2. The first-order chi connectivity index (χ1) is 7.33. The van der Waals surface area contributed by atoms with Crippen molar-refractivity contribution in [3.63, 3.8) is 0 Å². The van der Waals surface area contributed by atoms with Crippen LogP contribution in [0.25, 0.3) is 0 Å². The van der Waals surface area contributed by atoms with Crippen LogP contribution in [0.15, 0.2) is 24.3 Å². The molecule has 1 unspecified atom stereocenters. The number of ether oxygens (including phenoxy) is 1. The predicted octanol–water partition coefficient (Wildman–Crippen LogP) is 3.35. The Morgan fingerprint density at radius 3 is 2.33 bits per heavy atom. The van der Waals surface area contributed by atoms with Gasteiger partial charge in [-0.2, -0.15) is 0 Å². The standard InChI is InChI=1S/C12H19O2P/c1-11-5-7-12(8-6-11)13-9-3-2-4-10-14-15/h5-8H,2-4,9-10,15H2,1H3. The first-order valence-electron chi connectivity index (χ1n) is 5.34. The Morgan fingerprint density at radius 2 is 1.67 bits per heavy atom. The summed E-state index contributed by atoms with van der Waals surface area (Å²) in [6, 6.07) is 8.16. The second kappa shape index (κ2) is 7.67. The van der Waals surface area contributed by atoms with Gasteiger partial charge in [-0.15, -0.1) is 0 Å². The Balaban J connectivity index is 2.07. The van der Waals surface area contributed by atoms with Gasteiger partial charge in [0, 0.05) is 9.47 Å². The first kappa shape index (κ1) is 12.5. The molecule has 1 atom stereocenters. The van der Waals surface area contributed by atoms with Crippen LogP contribution in [0.5, 0.6) is 5.75 Å². The van der Waals surface area contributed by atoms with E-state index < -0.39 is 0 Å². The van der Waals surface area contributed by atoms with Crippen molar-refractivity contribution in [3.05, 3.63) is 29.8 Å². The number of hydrogen-bond donors (Lipinski definition) is 0. The van der Waals surface area contributed by atoms with E-state index in [-0.39, 0.29) is 0 Å². The number of rotatable bonds is 7. The van der Waals surface area contributed by atoms with Gasteiger partial charge in [0.25, 0.3) is 0 Å². The number of aryl methyl sites for hydroxylation is 1. The molecule has 0 aliphatic rings. The third-order valence-electron chi connectivity index (χ3n) is 2.20. The highest BCUT2D eigenvalue weighted by Gasteiger charge is 1.93. The molecule has 0 radical (unpaired) electrons. The van der Waals surface area contributed by atoms with Crippen LogP contribution >= 0.6 is 9.47 Å². The normalized spacial score (nSPS) is 10.3. The minimum atomic E-state index is 0.792. The Bertz CT molecular complexity index is 259. The molecule has 3 heteroatoms. The van der Waals surface area contributed by atoms with Gasteiger partial charge in [0.2, 0.25) is 0 Å². The number of unbranched alkanes of at least 4 members (excludes halogenated alkanes) is 2. The van der Waals surface area contributed by atoms with Crippen molar-refractivity contribution in [1.82, 2.24) is 0 Å². The minimum absolute atomic E-state index is 0.792. The molecule has 2 nitrogen and oxygen atoms in total. The lowest BCUT2D eigenvalue weighted by molar-refractivity contribution is 0.293. The minimum Gasteiger partial charge on any atom is -0.494 e. The molecule has 0 aromatic heterocycles. The molecule has 0 aliphatic carbocycles. The molecule has 1 rings (SSSR count). The van der Waals surface area contributed by atoms with E-state index in [1.54, 1.807) is 0 Å². The summed E-state index contributed by atoms with van der Waals surface area (Å²) in [6.07, 6.45) is 3.34. The third kappa shape index (κ3) is 5.76. The van der Waals surface area contributed by atoms with Gasteiger partial charge in [-0.3, -0.25) is 0 Å². The van der Waals surface area contributed by atoms with Crippen LogP contribution in [0.4, 0.5) is 0 Å². The summed E-state index contributed by atoms with van der Waals surface area (Å²) in [6.45, 7) is 3.68. The first-order valence-corrected chi connectivity index (χ1v) is 5.81. The zero-order chi connectivity index (χ0) is 10.9. The monoisotopic (exact) mass is 226 g/mol. The maximum atomic E-state index is 5.60. The summed E-state index contributed by atoms with van der Waals surface area (Å²) in [5.74, 6) is 0.961. The molecular formula is C12H19O2P. The lowest BCUT2D eigenvalue weighted by Gasteiger charge is -2.05. The molecule has 0 spiro atoms. The van der Waals surface area contributed by atoms with E-state index in [2.05, 4.69) is 28.5 Å².